The van der Waals surface area contributed by atoms with Gasteiger partial charge in [0.1, 0.15) is 29.3 Å². The van der Waals surface area contributed by atoms with Gasteiger partial charge in [-0.3, -0.25) is 4.79 Å². The van der Waals surface area contributed by atoms with Crippen LogP contribution in [0.15, 0.2) is 12.1 Å². The minimum atomic E-state index is -1.15. The summed E-state index contributed by atoms with van der Waals surface area (Å²) in [6.07, 6.45) is -2.25. The number of ketones is 1. The van der Waals surface area contributed by atoms with Crippen molar-refractivity contribution in [2.45, 2.75) is 38.6 Å². The first-order valence-electron chi connectivity index (χ1n) is 5.67. The van der Waals surface area contributed by atoms with E-state index in [-0.39, 0.29) is 22.8 Å². The van der Waals surface area contributed by atoms with Crippen LogP contribution >= 0.6 is 0 Å². The molecule has 0 aromatic heterocycles. The van der Waals surface area contributed by atoms with Crippen molar-refractivity contribution in [1.29, 1.82) is 0 Å². The lowest BCUT2D eigenvalue weighted by Crippen LogP contribution is -2.48. The number of carbonyl (C=O) groups is 1. The molecule has 98 valence electrons. The smallest absolute Gasteiger partial charge is 0.163 e. The molecule has 2 atom stereocenters. The quantitative estimate of drug-likeness (QED) is 0.653. The number of ether oxygens (including phenoxy) is 1. The predicted octanol–water partition coefficient (Wildman–Crippen LogP) is 1.16. The number of Topliss-reactive ketones (excluding diaryl/α,β-unsaturated/α-hetero) is 1. The number of aliphatic hydroxyl groups is 2. The van der Waals surface area contributed by atoms with Gasteiger partial charge in [0.25, 0.3) is 0 Å². The monoisotopic (exact) mass is 252 g/mol. The van der Waals surface area contributed by atoms with Crippen molar-refractivity contribution in [3.63, 3.8) is 0 Å². The fourth-order valence-corrected chi connectivity index (χ4v) is 2.08. The predicted molar refractivity (Wildman–Crippen MR) is 63.8 cm³/mol. The molecule has 0 amide bonds. The summed E-state index contributed by atoms with van der Waals surface area (Å²) in [6.45, 7) is 4.59. The Kier molecular flexibility index (Phi) is 2.83. The van der Waals surface area contributed by atoms with Crippen molar-refractivity contribution in [2.24, 2.45) is 0 Å². The summed E-state index contributed by atoms with van der Waals surface area (Å²) in [7, 11) is 0. The molecular formula is C13H16O5. The first kappa shape index (κ1) is 12.9. The molecule has 0 aliphatic carbocycles. The fourth-order valence-electron chi connectivity index (χ4n) is 2.08. The van der Waals surface area contributed by atoms with Gasteiger partial charge in [0.05, 0.1) is 5.56 Å². The zero-order valence-electron chi connectivity index (χ0n) is 10.5. The van der Waals surface area contributed by atoms with Crippen LogP contribution in [0.5, 0.6) is 11.5 Å². The Hall–Kier alpha value is -1.59. The van der Waals surface area contributed by atoms with E-state index in [1.54, 1.807) is 13.8 Å². The first-order chi connectivity index (χ1) is 8.24. The van der Waals surface area contributed by atoms with Crippen LogP contribution in [0.4, 0.5) is 0 Å². The zero-order valence-corrected chi connectivity index (χ0v) is 10.5. The highest BCUT2D eigenvalue weighted by Gasteiger charge is 2.42. The molecule has 18 heavy (non-hydrogen) atoms. The molecule has 5 nitrogen and oxygen atoms in total. The summed E-state index contributed by atoms with van der Waals surface area (Å²) in [5.74, 6) is -0.234. The molecule has 1 aromatic carbocycles. The van der Waals surface area contributed by atoms with Crippen LogP contribution in [-0.2, 0) is 0 Å². The third-order valence-corrected chi connectivity index (χ3v) is 3.21. The van der Waals surface area contributed by atoms with Crippen LogP contribution in [0, 0.1) is 0 Å². The number of hydrogen-bond acceptors (Lipinski definition) is 5. The molecule has 5 heteroatoms. The molecule has 1 aliphatic heterocycles. The van der Waals surface area contributed by atoms with Crippen molar-refractivity contribution < 1.29 is 24.9 Å². The maximum atomic E-state index is 11.3. The molecule has 3 N–H and O–H groups in total. The molecule has 1 aliphatic rings. The normalized spacial score (nSPS) is 25.2. The summed E-state index contributed by atoms with van der Waals surface area (Å²) in [5.41, 5.74) is -0.551. The van der Waals surface area contributed by atoms with E-state index in [9.17, 15) is 20.1 Å². The average molecular weight is 252 g/mol. The van der Waals surface area contributed by atoms with E-state index in [4.69, 9.17) is 4.74 Å². The van der Waals surface area contributed by atoms with Crippen molar-refractivity contribution in [1.82, 2.24) is 0 Å². The van der Waals surface area contributed by atoms with Crippen LogP contribution in [-0.4, -0.2) is 32.8 Å². The van der Waals surface area contributed by atoms with E-state index in [0.29, 0.717) is 5.56 Å². The first-order valence-corrected chi connectivity index (χ1v) is 5.67. The molecular weight excluding hydrogens is 236 g/mol. The molecule has 0 unspecified atom stereocenters. The number of phenols is 1. The van der Waals surface area contributed by atoms with Crippen LogP contribution < -0.4 is 4.74 Å². The Morgan fingerprint density at radius 1 is 1.33 bits per heavy atom. The van der Waals surface area contributed by atoms with E-state index in [2.05, 4.69) is 0 Å². The number of aromatic hydroxyl groups is 1. The van der Waals surface area contributed by atoms with Gasteiger partial charge in [0, 0.05) is 11.6 Å². The molecule has 2 rings (SSSR count). The molecule has 0 saturated carbocycles. The lowest BCUT2D eigenvalue weighted by Gasteiger charge is -2.40. The summed E-state index contributed by atoms with van der Waals surface area (Å²) in [4.78, 5) is 11.3. The van der Waals surface area contributed by atoms with E-state index in [0.717, 1.165) is 0 Å². The van der Waals surface area contributed by atoms with Crippen molar-refractivity contribution in [2.75, 3.05) is 0 Å². The largest absolute Gasteiger partial charge is 0.507 e. The van der Waals surface area contributed by atoms with E-state index in [1.165, 1.54) is 19.1 Å². The summed E-state index contributed by atoms with van der Waals surface area (Å²) in [5, 5.41) is 29.7. The topological polar surface area (TPSA) is 87.0 Å². The van der Waals surface area contributed by atoms with Crippen molar-refractivity contribution in [3.05, 3.63) is 23.3 Å². The summed E-state index contributed by atoms with van der Waals surface area (Å²) in [6, 6.07) is 2.65. The number of phenolic OH excluding ortho intramolecular Hbond substituents is 1. The van der Waals surface area contributed by atoms with Gasteiger partial charge in [-0.25, -0.2) is 0 Å². The second-order valence-electron chi connectivity index (χ2n) is 5.06. The standard InChI is InChI=1S/C13H16O5/c1-6(14)7-4-8-10(5-9(7)15)18-13(2,3)12(17)11(8)16/h4-5,11-12,15-17H,1-3H3/t11-,12+/m0/s1. The summed E-state index contributed by atoms with van der Waals surface area (Å²) >= 11 is 0. The average Bonchev–Trinajstić information content (AvgIpc) is 2.24. The number of rotatable bonds is 1. The number of fused-ring (bicyclic) bond motifs is 1. The lowest BCUT2D eigenvalue weighted by atomic mass is 9.87. The second-order valence-corrected chi connectivity index (χ2v) is 5.06. The molecule has 1 heterocycles. The number of hydrogen-bond donors (Lipinski definition) is 3. The fraction of sp³-hybridized carbons (Fsp3) is 0.462. The third-order valence-electron chi connectivity index (χ3n) is 3.21. The minimum Gasteiger partial charge on any atom is -0.507 e. The van der Waals surface area contributed by atoms with Crippen molar-refractivity contribution >= 4 is 5.78 Å². The zero-order chi connectivity index (χ0) is 13.7. The van der Waals surface area contributed by atoms with Gasteiger partial charge in [-0.05, 0) is 26.8 Å². The Balaban J connectivity index is 2.58. The van der Waals surface area contributed by atoms with Gasteiger partial charge in [-0.15, -0.1) is 0 Å². The van der Waals surface area contributed by atoms with Gasteiger partial charge < -0.3 is 20.1 Å². The Morgan fingerprint density at radius 2 is 1.94 bits per heavy atom. The molecule has 1 aromatic rings. The number of benzene rings is 1. The van der Waals surface area contributed by atoms with Gasteiger partial charge >= 0.3 is 0 Å². The van der Waals surface area contributed by atoms with E-state index >= 15 is 0 Å². The van der Waals surface area contributed by atoms with Crippen LogP contribution in [0.1, 0.15) is 42.8 Å². The SMILES string of the molecule is CC(=O)c1cc2c(cc1O)OC(C)(C)[C@H](O)[C@H]2O. The van der Waals surface area contributed by atoms with Crippen LogP contribution in [0.3, 0.4) is 0 Å². The summed E-state index contributed by atoms with van der Waals surface area (Å²) < 4.78 is 5.54. The second kappa shape index (κ2) is 3.96. The number of aliphatic hydroxyl groups excluding tert-OH is 2. The highest BCUT2D eigenvalue weighted by molar-refractivity contribution is 5.97. The molecule has 0 spiro atoms. The third kappa shape index (κ3) is 1.85. The Morgan fingerprint density at radius 3 is 2.50 bits per heavy atom. The van der Waals surface area contributed by atoms with Crippen molar-refractivity contribution in [3.8, 4) is 11.5 Å². The van der Waals surface area contributed by atoms with Gasteiger partial charge in [0.15, 0.2) is 5.78 Å². The lowest BCUT2D eigenvalue weighted by molar-refractivity contribution is -0.111. The highest BCUT2D eigenvalue weighted by atomic mass is 16.5. The Labute approximate surface area is 105 Å². The van der Waals surface area contributed by atoms with E-state index in [1.807, 2.05) is 0 Å². The van der Waals surface area contributed by atoms with Crippen LogP contribution in [0.2, 0.25) is 0 Å². The van der Waals surface area contributed by atoms with Gasteiger partial charge in [0.2, 0.25) is 0 Å². The van der Waals surface area contributed by atoms with Crippen LogP contribution in [0.25, 0.3) is 0 Å². The van der Waals surface area contributed by atoms with Gasteiger partial charge in [-0.2, -0.15) is 0 Å². The molecule has 0 fully saturated rings. The Bertz CT molecular complexity index is 506. The highest BCUT2D eigenvalue weighted by Crippen LogP contribution is 2.42. The molecule has 0 radical (unpaired) electrons. The molecule has 0 bridgehead atoms. The maximum Gasteiger partial charge on any atom is 0.163 e. The molecule has 0 saturated heterocycles. The maximum absolute atomic E-state index is 11.3. The minimum absolute atomic E-state index is 0.100. The van der Waals surface area contributed by atoms with E-state index < -0.39 is 17.8 Å². The van der Waals surface area contributed by atoms with Gasteiger partial charge in [-0.1, -0.05) is 0 Å². The number of carbonyl (C=O) groups excluding carboxylic acids is 1.